The molecule has 134 valence electrons. The quantitative estimate of drug-likeness (QED) is 0.545. The van der Waals surface area contributed by atoms with Gasteiger partial charge in [0.25, 0.3) is 0 Å². The molecule has 0 saturated carbocycles. The maximum atomic E-state index is 12.5. The lowest BCUT2D eigenvalue weighted by Gasteiger charge is -2.17. The third kappa shape index (κ3) is 3.96. The lowest BCUT2D eigenvalue weighted by atomic mass is 10.2. The van der Waals surface area contributed by atoms with Gasteiger partial charge in [-0.3, -0.25) is 4.98 Å². The monoisotopic (exact) mass is 374 g/mol. The van der Waals surface area contributed by atoms with Crippen LogP contribution in [0.25, 0.3) is 20.8 Å². The van der Waals surface area contributed by atoms with Gasteiger partial charge in [0.15, 0.2) is 0 Å². The summed E-state index contributed by atoms with van der Waals surface area (Å²) >= 11 is 1.64. The number of nitrogens with one attached hydrogen (secondary N) is 1. The van der Waals surface area contributed by atoms with Crippen molar-refractivity contribution in [2.45, 2.75) is 6.54 Å². The molecule has 0 atom stereocenters. The van der Waals surface area contributed by atoms with Crippen LogP contribution in [0.5, 0.6) is 0 Å². The van der Waals surface area contributed by atoms with Crippen molar-refractivity contribution in [2.75, 3.05) is 12.4 Å². The van der Waals surface area contributed by atoms with E-state index in [1.54, 1.807) is 29.5 Å². The van der Waals surface area contributed by atoms with Crippen LogP contribution in [-0.2, 0) is 6.54 Å². The largest absolute Gasteiger partial charge is 0.322 e. The van der Waals surface area contributed by atoms with Crippen molar-refractivity contribution in [3.63, 3.8) is 0 Å². The van der Waals surface area contributed by atoms with Crippen molar-refractivity contribution in [1.82, 2.24) is 14.9 Å². The van der Waals surface area contributed by atoms with Gasteiger partial charge in [-0.2, -0.15) is 0 Å². The van der Waals surface area contributed by atoms with Crippen LogP contribution in [0.3, 0.4) is 0 Å². The van der Waals surface area contributed by atoms with E-state index in [9.17, 15) is 4.79 Å². The Balaban J connectivity index is 1.49. The molecule has 0 aliphatic rings. The molecule has 0 radical (unpaired) electrons. The summed E-state index contributed by atoms with van der Waals surface area (Å²) in [5.74, 6) is 0. The van der Waals surface area contributed by atoms with Crippen LogP contribution in [0.4, 0.5) is 10.5 Å². The van der Waals surface area contributed by atoms with Gasteiger partial charge in [-0.05, 0) is 36.4 Å². The zero-order valence-electron chi connectivity index (χ0n) is 14.8. The molecular formula is C21H18N4OS. The molecule has 5 nitrogen and oxygen atoms in total. The number of fused-ring (bicyclic) bond motifs is 1. The molecule has 0 aliphatic heterocycles. The Hall–Kier alpha value is -3.25. The Morgan fingerprint density at radius 3 is 2.74 bits per heavy atom. The van der Waals surface area contributed by atoms with Gasteiger partial charge in [0.2, 0.25) is 0 Å². The normalized spacial score (nSPS) is 10.7. The highest BCUT2D eigenvalue weighted by molar-refractivity contribution is 7.21. The van der Waals surface area contributed by atoms with Crippen LogP contribution >= 0.6 is 11.3 Å². The maximum absolute atomic E-state index is 12.5. The number of carbonyl (C=O) groups excluding carboxylic acids is 1. The number of carbonyl (C=O) groups is 1. The minimum absolute atomic E-state index is 0.179. The fourth-order valence-electron chi connectivity index (χ4n) is 2.75. The number of amides is 2. The number of hydrogen-bond donors (Lipinski definition) is 1. The van der Waals surface area contributed by atoms with Crippen LogP contribution in [0, 0.1) is 0 Å². The summed E-state index contributed by atoms with van der Waals surface area (Å²) in [6.45, 7) is 0.449. The van der Waals surface area contributed by atoms with E-state index >= 15 is 0 Å². The number of thiazole rings is 1. The highest BCUT2D eigenvalue weighted by Gasteiger charge is 2.11. The summed E-state index contributed by atoms with van der Waals surface area (Å²) < 4.78 is 1.15. The van der Waals surface area contributed by atoms with Crippen molar-refractivity contribution in [3.05, 3.63) is 78.6 Å². The fraction of sp³-hybridized carbons (Fsp3) is 0.0952. The van der Waals surface area contributed by atoms with Crippen LogP contribution in [0.1, 0.15) is 5.69 Å². The summed E-state index contributed by atoms with van der Waals surface area (Å²) in [7, 11) is 1.75. The third-order valence-electron chi connectivity index (χ3n) is 4.13. The van der Waals surface area contributed by atoms with Gasteiger partial charge >= 0.3 is 6.03 Å². The van der Waals surface area contributed by atoms with E-state index in [0.717, 1.165) is 32.2 Å². The van der Waals surface area contributed by atoms with Gasteiger partial charge in [-0.25, -0.2) is 9.78 Å². The topological polar surface area (TPSA) is 58.1 Å². The molecule has 0 spiro atoms. The maximum Gasteiger partial charge on any atom is 0.321 e. The van der Waals surface area contributed by atoms with Crippen molar-refractivity contribution >= 4 is 33.3 Å². The third-order valence-corrected chi connectivity index (χ3v) is 5.21. The fourth-order valence-corrected chi connectivity index (χ4v) is 3.71. The number of para-hydroxylation sites is 1. The van der Waals surface area contributed by atoms with Crippen LogP contribution in [0.2, 0.25) is 0 Å². The van der Waals surface area contributed by atoms with Crippen molar-refractivity contribution in [2.24, 2.45) is 0 Å². The lowest BCUT2D eigenvalue weighted by Crippen LogP contribution is -2.31. The van der Waals surface area contributed by atoms with E-state index in [4.69, 9.17) is 0 Å². The molecule has 0 unspecified atom stereocenters. The van der Waals surface area contributed by atoms with Crippen LogP contribution in [-0.4, -0.2) is 27.9 Å². The molecule has 0 saturated heterocycles. The zero-order chi connectivity index (χ0) is 18.6. The van der Waals surface area contributed by atoms with Gasteiger partial charge in [0, 0.05) is 24.5 Å². The molecular weight excluding hydrogens is 356 g/mol. The van der Waals surface area contributed by atoms with E-state index in [0.29, 0.717) is 6.54 Å². The second-order valence-corrected chi connectivity index (χ2v) is 7.21. The average Bonchev–Trinajstić information content (AvgIpc) is 3.13. The zero-order valence-corrected chi connectivity index (χ0v) is 15.6. The van der Waals surface area contributed by atoms with E-state index < -0.39 is 0 Å². The van der Waals surface area contributed by atoms with E-state index in [1.807, 2.05) is 60.7 Å². The minimum Gasteiger partial charge on any atom is -0.322 e. The molecule has 2 heterocycles. The van der Waals surface area contributed by atoms with Crippen LogP contribution in [0.15, 0.2) is 72.9 Å². The van der Waals surface area contributed by atoms with E-state index in [1.165, 1.54) is 0 Å². The number of hydrogen-bond acceptors (Lipinski definition) is 4. The number of urea groups is 1. The Morgan fingerprint density at radius 1 is 1.07 bits per heavy atom. The number of aromatic nitrogens is 2. The second kappa shape index (κ2) is 7.55. The Morgan fingerprint density at radius 2 is 1.93 bits per heavy atom. The highest BCUT2D eigenvalue weighted by atomic mass is 32.1. The van der Waals surface area contributed by atoms with Gasteiger partial charge in [0.05, 0.1) is 22.5 Å². The summed E-state index contributed by atoms with van der Waals surface area (Å²) in [6.07, 6.45) is 1.72. The molecule has 4 rings (SSSR count). The van der Waals surface area contributed by atoms with Gasteiger partial charge in [0.1, 0.15) is 5.01 Å². The molecule has 2 amide bonds. The van der Waals surface area contributed by atoms with Crippen molar-refractivity contribution in [1.29, 1.82) is 0 Å². The van der Waals surface area contributed by atoms with Crippen molar-refractivity contribution < 1.29 is 4.79 Å². The molecule has 6 heteroatoms. The van der Waals surface area contributed by atoms with Gasteiger partial charge < -0.3 is 10.2 Å². The Bertz CT molecular complexity index is 1040. The van der Waals surface area contributed by atoms with Gasteiger partial charge in [-0.15, -0.1) is 11.3 Å². The number of benzene rings is 2. The minimum atomic E-state index is -0.179. The smallest absolute Gasteiger partial charge is 0.321 e. The highest BCUT2D eigenvalue weighted by Crippen LogP contribution is 2.31. The summed E-state index contributed by atoms with van der Waals surface area (Å²) in [6, 6.07) is 21.3. The second-order valence-electron chi connectivity index (χ2n) is 6.17. The number of rotatable bonds is 4. The standard InChI is InChI=1S/C21H18N4OS/c1-25(14-17-8-4-5-12-22-17)21(26)23-16-9-6-7-15(13-16)20-24-18-10-2-3-11-19(18)27-20/h2-13H,14H2,1H3,(H,23,26). The number of anilines is 1. The van der Waals surface area contributed by atoms with Crippen LogP contribution < -0.4 is 5.32 Å². The first-order valence-corrected chi connectivity index (χ1v) is 9.39. The number of pyridine rings is 1. The first kappa shape index (κ1) is 17.2. The molecule has 0 aliphatic carbocycles. The first-order valence-electron chi connectivity index (χ1n) is 8.57. The molecule has 27 heavy (non-hydrogen) atoms. The average molecular weight is 374 g/mol. The van der Waals surface area contributed by atoms with Gasteiger partial charge in [-0.1, -0.05) is 30.3 Å². The summed E-state index contributed by atoms with van der Waals surface area (Å²) in [5.41, 5.74) is 3.56. The molecule has 1 N–H and O–H groups in total. The summed E-state index contributed by atoms with van der Waals surface area (Å²) in [4.78, 5) is 23.0. The summed E-state index contributed by atoms with van der Waals surface area (Å²) in [5, 5.41) is 3.88. The number of nitrogens with zero attached hydrogens (tertiary/aromatic N) is 3. The first-order chi connectivity index (χ1) is 13.2. The molecule has 0 fully saturated rings. The predicted octanol–water partition coefficient (Wildman–Crippen LogP) is 5.02. The SMILES string of the molecule is CN(Cc1ccccn1)C(=O)Nc1cccc(-c2nc3ccccc3s2)c1. The Labute approximate surface area is 161 Å². The van der Waals surface area contributed by atoms with E-state index in [-0.39, 0.29) is 6.03 Å². The predicted molar refractivity (Wildman–Crippen MR) is 110 cm³/mol. The molecule has 2 aromatic heterocycles. The Kier molecular flexibility index (Phi) is 4.80. The molecule has 0 bridgehead atoms. The molecule has 2 aromatic carbocycles. The molecule has 4 aromatic rings. The lowest BCUT2D eigenvalue weighted by molar-refractivity contribution is 0.220. The van der Waals surface area contributed by atoms with Crippen molar-refractivity contribution in [3.8, 4) is 10.6 Å². The van der Waals surface area contributed by atoms with E-state index in [2.05, 4.69) is 21.4 Å².